The molecule has 2 atom stereocenters. The van der Waals surface area contributed by atoms with Gasteiger partial charge in [0.1, 0.15) is 17.1 Å². The van der Waals surface area contributed by atoms with Crippen LogP contribution in [-0.2, 0) is 4.79 Å². The lowest BCUT2D eigenvalue weighted by molar-refractivity contribution is -0.124. The van der Waals surface area contributed by atoms with Gasteiger partial charge in [-0.1, -0.05) is 42.5 Å². The van der Waals surface area contributed by atoms with Crippen molar-refractivity contribution in [2.45, 2.75) is 19.0 Å². The van der Waals surface area contributed by atoms with Gasteiger partial charge in [-0.15, -0.1) is 11.3 Å². The Labute approximate surface area is 155 Å². The Hall–Kier alpha value is -2.99. The SMILES string of the molecule is C[C@@H](C(=O)N[C@@H](c1ccccc1)c1nccs1)n1cnc2ccccc21. The highest BCUT2D eigenvalue weighted by atomic mass is 32.1. The lowest BCUT2D eigenvalue weighted by Crippen LogP contribution is -2.34. The van der Waals surface area contributed by atoms with Gasteiger partial charge in [-0.2, -0.15) is 0 Å². The second kappa shape index (κ2) is 7.09. The molecule has 1 N–H and O–H groups in total. The summed E-state index contributed by atoms with van der Waals surface area (Å²) < 4.78 is 1.90. The number of hydrogen-bond acceptors (Lipinski definition) is 4. The Balaban J connectivity index is 1.62. The highest BCUT2D eigenvalue weighted by molar-refractivity contribution is 7.09. The Morgan fingerprint density at radius 2 is 1.85 bits per heavy atom. The third-order valence-electron chi connectivity index (χ3n) is 4.40. The number of imidazole rings is 1. The highest BCUT2D eigenvalue weighted by Crippen LogP contribution is 2.25. The van der Waals surface area contributed by atoms with Crippen molar-refractivity contribution < 1.29 is 4.79 Å². The average Bonchev–Trinajstić information content (AvgIpc) is 3.36. The minimum Gasteiger partial charge on any atom is -0.341 e. The van der Waals surface area contributed by atoms with Crippen molar-refractivity contribution in [1.82, 2.24) is 19.9 Å². The predicted molar refractivity (Wildman–Crippen MR) is 103 cm³/mol. The van der Waals surface area contributed by atoms with Crippen LogP contribution in [0.4, 0.5) is 0 Å². The summed E-state index contributed by atoms with van der Waals surface area (Å²) in [6, 6.07) is 17.1. The molecule has 0 unspecified atom stereocenters. The van der Waals surface area contributed by atoms with E-state index in [-0.39, 0.29) is 18.0 Å². The largest absolute Gasteiger partial charge is 0.341 e. The first kappa shape index (κ1) is 16.5. The third-order valence-corrected chi connectivity index (χ3v) is 5.24. The van der Waals surface area contributed by atoms with Crippen LogP contribution in [0.15, 0.2) is 72.5 Å². The Kier molecular flexibility index (Phi) is 4.50. The van der Waals surface area contributed by atoms with E-state index < -0.39 is 0 Å². The van der Waals surface area contributed by atoms with Crippen molar-refractivity contribution >= 4 is 28.3 Å². The van der Waals surface area contributed by atoms with E-state index in [9.17, 15) is 4.79 Å². The summed E-state index contributed by atoms with van der Waals surface area (Å²) in [5.74, 6) is -0.0720. The lowest BCUT2D eigenvalue weighted by Gasteiger charge is -2.21. The molecule has 2 heterocycles. The molecule has 1 amide bonds. The van der Waals surface area contributed by atoms with Crippen LogP contribution in [0, 0.1) is 0 Å². The van der Waals surface area contributed by atoms with Crippen LogP contribution in [0.25, 0.3) is 11.0 Å². The standard InChI is InChI=1S/C20H18N4OS/c1-14(24-13-22-16-9-5-6-10-17(16)24)19(25)23-18(20-21-11-12-26-20)15-7-3-2-4-8-15/h2-14,18H,1H3,(H,23,25)/t14-,18-/m0/s1. The predicted octanol–water partition coefficient (Wildman–Crippen LogP) is 3.96. The van der Waals surface area contributed by atoms with Crippen LogP contribution in [-0.4, -0.2) is 20.4 Å². The molecule has 0 aliphatic rings. The first-order chi connectivity index (χ1) is 12.7. The first-order valence-electron chi connectivity index (χ1n) is 8.40. The normalized spacial score (nSPS) is 13.4. The van der Waals surface area contributed by atoms with Crippen molar-refractivity contribution in [2.75, 3.05) is 0 Å². The van der Waals surface area contributed by atoms with Crippen LogP contribution in [0.3, 0.4) is 0 Å². The summed E-state index contributed by atoms with van der Waals surface area (Å²) in [6.07, 6.45) is 3.48. The quantitative estimate of drug-likeness (QED) is 0.585. The van der Waals surface area contributed by atoms with Crippen molar-refractivity contribution in [3.63, 3.8) is 0 Å². The number of nitrogens with zero attached hydrogens (tertiary/aromatic N) is 3. The van der Waals surface area contributed by atoms with Crippen molar-refractivity contribution in [3.8, 4) is 0 Å². The molecule has 0 bridgehead atoms. The third kappa shape index (κ3) is 3.11. The number of hydrogen-bond donors (Lipinski definition) is 1. The summed E-state index contributed by atoms with van der Waals surface area (Å²) in [4.78, 5) is 21.8. The molecule has 0 fully saturated rings. The monoisotopic (exact) mass is 362 g/mol. The molecule has 4 rings (SSSR count). The van der Waals surface area contributed by atoms with E-state index >= 15 is 0 Å². The summed E-state index contributed by atoms with van der Waals surface area (Å²) >= 11 is 1.53. The van der Waals surface area contributed by atoms with E-state index in [1.165, 1.54) is 11.3 Å². The number of benzene rings is 2. The van der Waals surface area contributed by atoms with Crippen LogP contribution < -0.4 is 5.32 Å². The summed E-state index contributed by atoms with van der Waals surface area (Å²) in [7, 11) is 0. The number of amides is 1. The number of aromatic nitrogens is 3. The zero-order chi connectivity index (χ0) is 17.9. The van der Waals surface area contributed by atoms with E-state index in [1.807, 2.05) is 71.5 Å². The van der Waals surface area contributed by atoms with Crippen LogP contribution in [0.2, 0.25) is 0 Å². The number of nitrogens with one attached hydrogen (secondary N) is 1. The maximum atomic E-state index is 13.0. The topological polar surface area (TPSA) is 59.8 Å². The fourth-order valence-corrected chi connectivity index (χ4v) is 3.70. The van der Waals surface area contributed by atoms with Gasteiger partial charge in [0.05, 0.1) is 17.4 Å². The van der Waals surface area contributed by atoms with Gasteiger partial charge in [0.25, 0.3) is 0 Å². The van der Waals surface area contributed by atoms with Gasteiger partial charge >= 0.3 is 0 Å². The number of para-hydroxylation sites is 2. The maximum absolute atomic E-state index is 13.0. The second-order valence-electron chi connectivity index (χ2n) is 6.04. The molecule has 0 spiro atoms. The molecule has 0 radical (unpaired) electrons. The van der Waals surface area contributed by atoms with Crippen LogP contribution >= 0.6 is 11.3 Å². The van der Waals surface area contributed by atoms with E-state index in [2.05, 4.69) is 15.3 Å². The van der Waals surface area contributed by atoms with E-state index in [4.69, 9.17) is 0 Å². The molecule has 4 aromatic rings. The molecular weight excluding hydrogens is 344 g/mol. The van der Waals surface area contributed by atoms with E-state index in [0.717, 1.165) is 21.6 Å². The van der Waals surface area contributed by atoms with Gasteiger partial charge in [0.15, 0.2) is 0 Å². The minimum atomic E-state index is -0.381. The smallest absolute Gasteiger partial charge is 0.243 e. The van der Waals surface area contributed by atoms with Crippen molar-refractivity contribution in [1.29, 1.82) is 0 Å². The Bertz CT molecular complexity index is 1010. The second-order valence-corrected chi connectivity index (χ2v) is 6.97. The van der Waals surface area contributed by atoms with Gasteiger partial charge in [0.2, 0.25) is 5.91 Å². The Morgan fingerprint density at radius 3 is 2.62 bits per heavy atom. The zero-order valence-corrected chi connectivity index (χ0v) is 15.1. The van der Waals surface area contributed by atoms with Crippen LogP contribution in [0.1, 0.15) is 29.6 Å². The van der Waals surface area contributed by atoms with Crippen LogP contribution in [0.5, 0.6) is 0 Å². The van der Waals surface area contributed by atoms with Crippen molar-refractivity contribution in [3.05, 3.63) is 83.1 Å². The molecule has 0 aliphatic carbocycles. The van der Waals surface area contributed by atoms with Gasteiger partial charge in [-0.25, -0.2) is 9.97 Å². The summed E-state index contributed by atoms with van der Waals surface area (Å²) in [5, 5.41) is 5.94. The molecule has 130 valence electrons. The van der Waals surface area contributed by atoms with E-state index in [1.54, 1.807) is 12.5 Å². The van der Waals surface area contributed by atoms with Gasteiger partial charge in [0, 0.05) is 11.6 Å². The number of carbonyl (C=O) groups is 1. The first-order valence-corrected chi connectivity index (χ1v) is 9.28. The molecular formula is C20H18N4OS. The number of fused-ring (bicyclic) bond motifs is 1. The van der Waals surface area contributed by atoms with Gasteiger partial charge in [-0.3, -0.25) is 4.79 Å². The number of rotatable bonds is 5. The molecule has 0 aliphatic heterocycles. The van der Waals surface area contributed by atoms with Gasteiger partial charge in [-0.05, 0) is 24.6 Å². The number of carbonyl (C=O) groups excluding carboxylic acids is 1. The Morgan fingerprint density at radius 1 is 1.08 bits per heavy atom. The molecule has 0 saturated carbocycles. The summed E-state index contributed by atoms with van der Waals surface area (Å²) in [5.41, 5.74) is 2.84. The zero-order valence-electron chi connectivity index (χ0n) is 14.2. The highest BCUT2D eigenvalue weighted by Gasteiger charge is 2.23. The molecule has 26 heavy (non-hydrogen) atoms. The van der Waals surface area contributed by atoms with E-state index in [0.29, 0.717) is 0 Å². The molecule has 0 saturated heterocycles. The minimum absolute atomic E-state index is 0.0720. The lowest BCUT2D eigenvalue weighted by atomic mass is 10.1. The number of thiazole rings is 1. The van der Waals surface area contributed by atoms with Crippen molar-refractivity contribution in [2.24, 2.45) is 0 Å². The summed E-state index contributed by atoms with van der Waals surface area (Å²) in [6.45, 7) is 1.88. The average molecular weight is 362 g/mol. The molecule has 2 aromatic carbocycles. The fraction of sp³-hybridized carbons (Fsp3) is 0.150. The molecule has 6 heteroatoms. The fourth-order valence-electron chi connectivity index (χ4n) is 2.99. The molecule has 2 aromatic heterocycles. The maximum Gasteiger partial charge on any atom is 0.243 e. The molecule has 5 nitrogen and oxygen atoms in total. The van der Waals surface area contributed by atoms with Gasteiger partial charge < -0.3 is 9.88 Å².